The van der Waals surface area contributed by atoms with Gasteiger partial charge in [-0.2, -0.15) is 0 Å². The van der Waals surface area contributed by atoms with Crippen LogP contribution in [-0.4, -0.2) is 58.6 Å². The summed E-state index contributed by atoms with van der Waals surface area (Å²) < 4.78 is 0. The van der Waals surface area contributed by atoms with Crippen LogP contribution in [0.25, 0.3) is 0 Å². The first-order valence-corrected chi connectivity index (χ1v) is 11.2. The van der Waals surface area contributed by atoms with Crippen molar-refractivity contribution in [2.24, 2.45) is 16.7 Å². The average molecular weight is 389 g/mol. The Bertz CT molecular complexity index is 353. The highest BCUT2D eigenvalue weighted by Gasteiger charge is 2.53. The lowest BCUT2D eigenvalue weighted by Crippen LogP contribution is -2.57. The molecule has 5 nitrogen and oxygen atoms in total. The van der Waals surface area contributed by atoms with E-state index in [4.69, 9.17) is 0 Å². The molecule has 1 unspecified atom stereocenters. The third-order valence-corrected chi connectivity index (χ3v) is 7.19. The van der Waals surface area contributed by atoms with E-state index in [2.05, 4.69) is 0 Å². The van der Waals surface area contributed by atoms with Crippen LogP contribution in [0, 0.1) is 16.7 Å². The largest absolute Gasteiger partial charge is 0.396 e. The van der Waals surface area contributed by atoms with Gasteiger partial charge in [-0.3, -0.25) is 0 Å². The molecular weight excluding hydrogens is 344 g/mol. The van der Waals surface area contributed by atoms with Crippen molar-refractivity contribution < 1.29 is 25.5 Å². The van der Waals surface area contributed by atoms with Gasteiger partial charge in [-0.25, -0.2) is 0 Å². The molecule has 1 aliphatic rings. The zero-order chi connectivity index (χ0) is 20.0. The van der Waals surface area contributed by atoms with Gasteiger partial charge in [-0.1, -0.05) is 77.0 Å². The van der Waals surface area contributed by atoms with E-state index in [0.29, 0.717) is 12.8 Å². The summed E-state index contributed by atoms with van der Waals surface area (Å²) in [6.07, 6.45) is 15.1. The van der Waals surface area contributed by atoms with Crippen LogP contribution in [-0.2, 0) is 0 Å². The smallest absolute Gasteiger partial charge is 0.0520 e. The minimum Gasteiger partial charge on any atom is -0.396 e. The van der Waals surface area contributed by atoms with Crippen LogP contribution in [0.5, 0.6) is 0 Å². The van der Waals surface area contributed by atoms with Crippen molar-refractivity contribution in [1.82, 2.24) is 0 Å². The van der Waals surface area contributed by atoms with Gasteiger partial charge in [-0.05, 0) is 18.8 Å². The number of rotatable bonds is 5. The molecule has 0 aromatic heterocycles. The van der Waals surface area contributed by atoms with Crippen molar-refractivity contribution in [3.8, 4) is 0 Å². The Kier molecular flexibility index (Phi) is 12.8. The maximum Gasteiger partial charge on any atom is 0.0520 e. The van der Waals surface area contributed by atoms with Gasteiger partial charge in [0.1, 0.15) is 0 Å². The van der Waals surface area contributed by atoms with E-state index in [1.807, 2.05) is 0 Å². The summed E-state index contributed by atoms with van der Waals surface area (Å²) >= 11 is 0. The number of hydrogen-bond acceptors (Lipinski definition) is 5. The van der Waals surface area contributed by atoms with Crippen LogP contribution in [0.4, 0.5) is 0 Å². The van der Waals surface area contributed by atoms with Crippen molar-refractivity contribution in [3.05, 3.63) is 0 Å². The quantitative estimate of drug-likeness (QED) is 0.498. The zero-order valence-corrected chi connectivity index (χ0v) is 17.2. The summed E-state index contributed by atoms with van der Waals surface area (Å²) in [5.41, 5.74) is -2.04. The fraction of sp³-hybridized carbons (Fsp3) is 1.00. The SMILES string of the molecule is OCC1CCCCCCCCCCCCCCC(CO)(CO)C1(CO)CO. The number of aliphatic hydroxyl groups is 5. The van der Waals surface area contributed by atoms with E-state index in [0.717, 1.165) is 32.1 Å². The van der Waals surface area contributed by atoms with Gasteiger partial charge in [0, 0.05) is 17.4 Å². The molecule has 0 bridgehead atoms. The summed E-state index contributed by atoms with van der Waals surface area (Å²) in [5, 5.41) is 51.0. The summed E-state index contributed by atoms with van der Waals surface area (Å²) in [7, 11) is 0. The van der Waals surface area contributed by atoms with Crippen molar-refractivity contribution in [2.45, 2.75) is 89.9 Å². The Morgan fingerprint density at radius 1 is 0.519 bits per heavy atom. The van der Waals surface area contributed by atoms with Gasteiger partial charge in [-0.15, -0.1) is 0 Å². The van der Waals surface area contributed by atoms with Crippen LogP contribution in [0.3, 0.4) is 0 Å². The fourth-order valence-electron chi connectivity index (χ4n) is 5.01. The Morgan fingerprint density at radius 3 is 1.30 bits per heavy atom. The molecule has 0 aliphatic heterocycles. The Hall–Kier alpha value is -0.200. The van der Waals surface area contributed by atoms with Gasteiger partial charge in [0.25, 0.3) is 0 Å². The van der Waals surface area contributed by atoms with E-state index in [9.17, 15) is 25.5 Å². The average Bonchev–Trinajstić information content (AvgIpc) is 2.71. The second-order valence-corrected chi connectivity index (χ2v) is 8.73. The van der Waals surface area contributed by atoms with Crippen LogP contribution < -0.4 is 0 Å². The predicted octanol–water partition coefficient (Wildman–Crippen LogP) is 3.01. The molecule has 5 heteroatoms. The molecule has 27 heavy (non-hydrogen) atoms. The summed E-state index contributed by atoms with van der Waals surface area (Å²) in [5.74, 6) is -0.331. The first-order chi connectivity index (χ1) is 13.2. The topological polar surface area (TPSA) is 101 Å². The molecular formula is C22H44O5. The lowest BCUT2D eigenvalue weighted by molar-refractivity contribution is -0.159. The Labute approximate surface area is 165 Å². The highest BCUT2D eigenvalue weighted by Crippen LogP contribution is 2.49. The molecule has 162 valence electrons. The Balaban J connectivity index is 2.99. The molecule has 1 saturated carbocycles. The van der Waals surface area contributed by atoms with E-state index in [1.54, 1.807) is 0 Å². The molecule has 1 aliphatic carbocycles. The van der Waals surface area contributed by atoms with Gasteiger partial charge in [0.15, 0.2) is 0 Å². The van der Waals surface area contributed by atoms with Crippen LogP contribution >= 0.6 is 0 Å². The van der Waals surface area contributed by atoms with E-state index in [-0.39, 0.29) is 39.0 Å². The van der Waals surface area contributed by atoms with Crippen LogP contribution in [0.1, 0.15) is 89.9 Å². The van der Waals surface area contributed by atoms with Crippen LogP contribution in [0.15, 0.2) is 0 Å². The highest BCUT2D eigenvalue weighted by molar-refractivity contribution is 5.01. The lowest BCUT2D eigenvalue weighted by Gasteiger charge is -2.51. The van der Waals surface area contributed by atoms with Gasteiger partial charge in [0.05, 0.1) is 26.4 Å². The first-order valence-electron chi connectivity index (χ1n) is 11.2. The van der Waals surface area contributed by atoms with Crippen molar-refractivity contribution in [3.63, 3.8) is 0 Å². The van der Waals surface area contributed by atoms with Crippen molar-refractivity contribution in [2.75, 3.05) is 33.0 Å². The Morgan fingerprint density at radius 2 is 0.926 bits per heavy atom. The molecule has 1 fully saturated rings. The van der Waals surface area contributed by atoms with Gasteiger partial charge in [0.2, 0.25) is 0 Å². The zero-order valence-electron chi connectivity index (χ0n) is 17.2. The molecule has 0 amide bonds. The second-order valence-electron chi connectivity index (χ2n) is 8.73. The molecule has 1 rings (SSSR count). The monoisotopic (exact) mass is 388 g/mol. The van der Waals surface area contributed by atoms with Crippen LogP contribution in [0.2, 0.25) is 0 Å². The fourth-order valence-corrected chi connectivity index (χ4v) is 5.01. The lowest BCUT2D eigenvalue weighted by atomic mass is 9.55. The minimum atomic E-state index is -1.07. The minimum absolute atomic E-state index is 0.150. The number of hydrogen-bond donors (Lipinski definition) is 5. The maximum atomic E-state index is 10.3. The van der Waals surface area contributed by atoms with E-state index < -0.39 is 10.8 Å². The third-order valence-electron chi connectivity index (χ3n) is 7.19. The van der Waals surface area contributed by atoms with E-state index in [1.165, 1.54) is 44.9 Å². The predicted molar refractivity (Wildman–Crippen MR) is 108 cm³/mol. The molecule has 0 radical (unpaired) electrons. The van der Waals surface area contributed by atoms with Crippen molar-refractivity contribution in [1.29, 1.82) is 0 Å². The van der Waals surface area contributed by atoms with Crippen molar-refractivity contribution >= 4 is 0 Å². The summed E-state index contributed by atoms with van der Waals surface area (Å²) in [6.45, 7) is -1.41. The van der Waals surface area contributed by atoms with E-state index >= 15 is 0 Å². The molecule has 0 aromatic carbocycles. The summed E-state index contributed by atoms with van der Waals surface area (Å²) in [4.78, 5) is 0. The molecule has 0 saturated heterocycles. The molecule has 0 heterocycles. The third kappa shape index (κ3) is 6.67. The molecule has 5 N–H and O–H groups in total. The second kappa shape index (κ2) is 13.9. The normalized spacial score (nSPS) is 26.3. The van der Waals surface area contributed by atoms with Gasteiger partial charge < -0.3 is 25.5 Å². The molecule has 0 spiro atoms. The standard InChI is InChI=1S/C22H44O5/c23-15-20-13-11-9-7-5-3-1-2-4-6-8-10-12-14-21(16-24,17-25)22(20,18-26)19-27/h20,23-27H,1-19H2. The molecule has 1 atom stereocenters. The number of aliphatic hydroxyl groups excluding tert-OH is 5. The molecule has 0 aromatic rings. The van der Waals surface area contributed by atoms with Gasteiger partial charge >= 0.3 is 0 Å². The maximum absolute atomic E-state index is 10.3. The highest BCUT2D eigenvalue weighted by atomic mass is 16.3. The summed E-state index contributed by atoms with van der Waals surface area (Å²) in [6, 6.07) is 0. The first kappa shape index (κ1) is 24.8.